The molecule has 2 aromatic rings. The fourth-order valence-corrected chi connectivity index (χ4v) is 2.06. The van der Waals surface area contributed by atoms with E-state index in [2.05, 4.69) is 17.2 Å². The van der Waals surface area contributed by atoms with Gasteiger partial charge in [0.2, 0.25) is 0 Å². The van der Waals surface area contributed by atoms with Crippen LogP contribution in [0, 0.1) is 0 Å². The predicted octanol–water partition coefficient (Wildman–Crippen LogP) is 3.20. The first-order valence-electron chi connectivity index (χ1n) is 7.72. The highest BCUT2D eigenvalue weighted by molar-refractivity contribution is 5.93. The highest BCUT2D eigenvalue weighted by atomic mass is 16.5. The molecule has 0 radical (unpaired) electrons. The van der Waals surface area contributed by atoms with E-state index < -0.39 is 0 Å². The zero-order valence-electron chi connectivity index (χ0n) is 13.5. The smallest absolute Gasteiger partial charge is 0.251 e. The van der Waals surface area contributed by atoms with Crippen LogP contribution in [0.3, 0.4) is 0 Å². The van der Waals surface area contributed by atoms with Crippen LogP contribution in [0.15, 0.2) is 42.7 Å². The molecule has 0 bridgehead atoms. The molecule has 122 valence electrons. The molecule has 0 spiro atoms. The monoisotopic (exact) mass is 314 g/mol. The Morgan fingerprint density at radius 1 is 1.17 bits per heavy atom. The molecule has 1 amide bonds. The van der Waals surface area contributed by atoms with Gasteiger partial charge in [-0.15, -0.1) is 0 Å². The molecule has 0 saturated carbocycles. The van der Waals surface area contributed by atoms with Gasteiger partial charge >= 0.3 is 0 Å². The van der Waals surface area contributed by atoms with Gasteiger partial charge in [0.05, 0.1) is 13.7 Å². The van der Waals surface area contributed by atoms with Crippen LogP contribution >= 0.6 is 0 Å². The quantitative estimate of drug-likeness (QED) is 0.760. The van der Waals surface area contributed by atoms with E-state index in [-0.39, 0.29) is 5.91 Å². The minimum atomic E-state index is -0.130. The summed E-state index contributed by atoms with van der Waals surface area (Å²) in [6.45, 7) is 3.22. The lowest BCUT2D eigenvalue weighted by Crippen LogP contribution is -2.22. The zero-order chi connectivity index (χ0) is 16.5. The van der Waals surface area contributed by atoms with Gasteiger partial charge in [0.15, 0.2) is 11.5 Å². The molecule has 0 aliphatic carbocycles. The van der Waals surface area contributed by atoms with Crippen LogP contribution in [0.4, 0.5) is 0 Å². The van der Waals surface area contributed by atoms with Crippen molar-refractivity contribution in [2.75, 3.05) is 13.7 Å². The highest BCUT2D eigenvalue weighted by Gasteiger charge is 2.08. The molecular weight excluding hydrogens is 292 g/mol. The molecule has 23 heavy (non-hydrogen) atoms. The van der Waals surface area contributed by atoms with Gasteiger partial charge in [0.25, 0.3) is 5.91 Å². The highest BCUT2D eigenvalue weighted by Crippen LogP contribution is 2.28. The van der Waals surface area contributed by atoms with E-state index in [1.165, 1.54) is 0 Å². The second-order valence-electron chi connectivity index (χ2n) is 5.11. The number of amides is 1. The van der Waals surface area contributed by atoms with Gasteiger partial charge < -0.3 is 14.8 Å². The molecular formula is C18H22N2O3. The van der Waals surface area contributed by atoms with Crippen molar-refractivity contribution in [3.8, 4) is 11.5 Å². The molecule has 0 fully saturated rings. The maximum atomic E-state index is 12.0. The number of carbonyl (C=O) groups is 1. The summed E-state index contributed by atoms with van der Waals surface area (Å²) in [5.41, 5.74) is 1.54. The maximum Gasteiger partial charge on any atom is 0.251 e. The number of methoxy groups -OCH3 is 1. The topological polar surface area (TPSA) is 60.5 Å². The fourth-order valence-electron chi connectivity index (χ4n) is 2.06. The molecule has 0 saturated heterocycles. The Balaban J connectivity index is 1.96. The van der Waals surface area contributed by atoms with E-state index in [0.717, 1.165) is 24.2 Å². The van der Waals surface area contributed by atoms with Crippen LogP contribution in [-0.2, 0) is 6.54 Å². The lowest BCUT2D eigenvalue weighted by atomic mass is 10.2. The number of benzene rings is 1. The van der Waals surface area contributed by atoms with Crippen molar-refractivity contribution in [3.05, 3.63) is 53.9 Å². The Labute approximate surface area is 136 Å². The number of hydrogen-bond donors (Lipinski definition) is 1. The van der Waals surface area contributed by atoms with Crippen molar-refractivity contribution in [1.82, 2.24) is 10.3 Å². The molecule has 2 rings (SSSR count). The SMILES string of the molecule is CCCCOc1ccc(CNC(=O)c2ccncc2)cc1OC. The third-order valence-corrected chi connectivity index (χ3v) is 3.38. The van der Waals surface area contributed by atoms with Crippen molar-refractivity contribution in [2.24, 2.45) is 0 Å². The van der Waals surface area contributed by atoms with Crippen molar-refractivity contribution < 1.29 is 14.3 Å². The standard InChI is InChI=1S/C18H22N2O3/c1-3-4-11-23-16-6-5-14(12-17(16)22-2)13-20-18(21)15-7-9-19-10-8-15/h5-10,12H,3-4,11,13H2,1-2H3,(H,20,21). The average Bonchev–Trinajstić information content (AvgIpc) is 2.61. The van der Waals surface area contributed by atoms with Crippen molar-refractivity contribution in [2.45, 2.75) is 26.3 Å². The summed E-state index contributed by atoms with van der Waals surface area (Å²) < 4.78 is 11.1. The Morgan fingerprint density at radius 3 is 2.65 bits per heavy atom. The van der Waals surface area contributed by atoms with Crippen LogP contribution in [-0.4, -0.2) is 24.6 Å². The number of hydrogen-bond acceptors (Lipinski definition) is 4. The molecule has 1 aromatic heterocycles. The van der Waals surface area contributed by atoms with Crippen molar-refractivity contribution in [3.63, 3.8) is 0 Å². The average molecular weight is 314 g/mol. The third kappa shape index (κ3) is 4.98. The minimum Gasteiger partial charge on any atom is -0.493 e. The zero-order valence-corrected chi connectivity index (χ0v) is 13.5. The van der Waals surface area contributed by atoms with Gasteiger partial charge in [-0.25, -0.2) is 0 Å². The summed E-state index contributed by atoms with van der Waals surface area (Å²) in [4.78, 5) is 15.9. The van der Waals surface area contributed by atoms with Gasteiger partial charge in [-0.1, -0.05) is 19.4 Å². The van der Waals surface area contributed by atoms with Crippen LogP contribution in [0.25, 0.3) is 0 Å². The second kappa shape index (κ2) is 8.78. The molecule has 5 nitrogen and oxygen atoms in total. The first-order valence-corrected chi connectivity index (χ1v) is 7.72. The van der Waals surface area contributed by atoms with Gasteiger partial charge in [0, 0.05) is 24.5 Å². The van der Waals surface area contributed by atoms with E-state index in [0.29, 0.717) is 24.5 Å². The molecule has 5 heteroatoms. The molecule has 1 heterocycles. The fraction of sp³-hybridized carbons (Fsp3) is 0.333. The second-order valence-corrected chi connectivity index (χ2v) is 5.11. The summed E-state index contributed by atoms with van der Waals surface area (Å²) in [7, 11) is 1.61. The number of nitrogens with zero attached hydrogens (tertiary/aromatic N) is 1. The molecule has 0 atom stereocenters. The normalized spacial score (nSPS) is 10.2. The molecule has 1 aromatic carbocycles. The summed E-state index contributed by atoms with van der Waals surface area (Å²) >= 11 is 0. The van der Waals surface area contributed by atoms with E-state index in [1.54, 1.807) is 31.6 Å². The molecule has 0 unspecified atom stereocenters. The lowest BCUT2D eigenvalue weighted by Gasteiger charge is -2.12. The van der Waals surface area contributed by atoms with Crippen LogP contribution in [0.1, 0.15) is 35.7 Å². The molecule has 0 aliphatic heterocycles. The third-order valence-electron chi connectivity index (χ3n) is 3.38. The number of nitrogens with one attached hydrogen (secondary N) is 1. The molecule has 1 N–H and O–H groups in total. The van der Waals surface area contributed by atoms with E-state index in [1.807, 2.05) is 18.2 Å². The Morgan fingerprint density at radius 2 is 1.96 bits per heavy atom. The first-order chi connectivity index (χ1) is 11.2. The number of aromatic nitrogens is 1. The van der Waals surface area contributed by atoms with E-state index >= 15 is 0 Å². The van der Waals surface area contributed by atoms with Gasteiger partial charge in [-0.05, 0) is 36.2 Å². The first kappa shape index (κ1) is 16.8. The van der Waals surface area contributed by atoms with Crippen molar-refractivity contribution in [1.29, 1.82) is 0 Å². The largest absolute Gasteiger partial charge is 0.493 e. The van der Waals surface area contributed by atoms with Crippen LogP contribution < -0.4 is 14.8 Å². The van der Waals surface area contributed by atoms with Crippen LogP contribution in [0.5, 0.6) is 11.5 Å². The predicted molar refractivity (Wildman–Crippen MR) is 88.8 cm³/mol. The number of carbonyl (C=O) groups excluding carboxylic acids is 1. The van der Waals surface area contributed by atoms with Gasteiger partial charge in [-0.2, -0.15) is 0 Å². The van der Waals surface area contributed by atoms with Crippen LogP contribution in [0.2, 0.25) is 0 Å². The lowest BCUT2D eigenvalue weighted by molar-refractivity contribution is 0.0950. The summed E-state index contributed by atoms with van der Waals surface area (Å²) in [5.74, 6) is 1.27. The van der Waals surface area contributed by atoms with Crippen molar-refractivity contribution >= 4 is 5.91 Å². The van der Waals surface area contributed by atoms with Gasteiger partial charge in [0.1, 0.15) is 0 Å². The number of unbranched alkanes of at least 4 members (excludes halogenated alkanes) is 1. The summed E-state index contributed by atoms with van der Waals surface area (Å²) in [5, 5.41) is 2.88. The molecule has 0 aliphatic rings. The Hall–Kier alpha value is -2.56. The Kier molecular flexibility index (Phi) is 6.41. The summed E-state index contributed by atoms with van der Waals surface area (Å²) in [6.07, 6.45) is 5.29. The van der Waals surface area contributed by atoms with E-state index in [9.17, 15) is 4.79 Å². The number of ether oxygens (including phenoxy) is 2. The number of pyridine rings is 1. The Bertz CT molecular complexity index is 629. The maximum absolute atomic E-state index is 12.0. The van der Waals surface area contributed by atoms with E-state index in [4.69, 9.17) is 9.47 Å². The minimum absolute atomic E-state index is 0.130. The van der Waals surface area contributed by atoms with Gasteiger partial charge in [-0.3, -0.25) is 9.78 Å². The summed E-state index contributed by atoms with van der Waals surface area (Å²) in [6, 6.07) is 9.05. The number of rotatable bonds is 8.